The second-order valence-electron chi connectivity index (χ2n) is 4.63. The summed E-state index contributed by atoms with van der Waals surface area (Å²) in [4.78, 5) is 10.3. The number of aryl methyl sites for hydroxylation is 2. The molecule has 0 saturated heterocycles. The zero-order valence-corrected chi connectivity index (χ0v) is 12.5. The SMILES string of the molecule is Cc1nc(CC(N)c2cnc3ccsc3c2)sc1C. The molecular weight excluding hydrogens is 274 g/mol. The number of hydrogen-bond donors (Lipinski definition) is 1. The van der Waals surface area contributed by atoms with E-state index in [1.54, 1.807) is 22.7 Å². The molecule has 98 valence electrons. The van der Waals surface area contributed by atoms with E-state index >= 15 is 0 Å². The molecule has 3 nitrogen and oxygen atoms in total. The van der Waals surface area contributed by atoms with Gasteiger partial charge in [0.1, 0.15) is 0 Å². The van der Waals surface area contributed by atoms with Crippen LogP contribution in [0.4, 0.5) is 0 Å². The van der Waals surface area contributed by atoms with Gasteiger partial charge in [0.2, 0.25) is 0 Å². The van der Waals surface area contributed by atoms with Gasteiger partial charge in [0.15, 0.2) is 0 Å². The number of aromatic nitrogens is 2. The number of nitrogens with zero attached hydrogens (tertiary/aromatic N) is 2. The van der Waals surface area contributed by atoms with Crippen LogP contribution in [0.3, 0.4) is 0 Å². The van der Waals surface area contributed by atoms with Gasteiger partial charge in [-0.3, -0.25) is 4.98 Å². The second-order valence-corrected chi connectivity index (χ2v) is 6.87. The lowest BCUT2D eigenvalue weighted by molar-refractivity contribution is 0.715. The standard InChI is InChI=1S/C14H15N3S2/c1-8-9(2)19-14(17-8)6-11(15)10-5-13-12(16-7-10)3-4-18-13/h3-5,7,11H,6,15H2,1-2H3. The Hall–Kier alpha value is -1.30. The molecule has 0 radical (unpaired) electrons. The van der Waals surface area contributed by atoms with Crippen LogP contribution in [0.5, 0.6) is 0 Å². The quantitative estimate of drug-likeness (QED) is 0.801. The van der Waals surface area contributed by atoms with Crippen LogP contribution >= 0.6 is 22.7 Å². The average molecular weight is 289 g/mol. The van der Waals surface area contributed by atoms with Gasteiger partial charge in [0, 0.05) is 23.5 Å². The van der Waals surface area contributed by atoms with E-state index in [2.05, 4.69) is 28.3 Å². The van der Waals surface area contributed by atoms with Gasteiger partial charge in [0.25, 0.3) is 0 Å². The van der Waals surface area contributed by atoms with Gasteiger partial charge in [-0.05, 0) is 36.9 Å². The van der Waals surface area contributed by atoms with Crippen molar-refractivity contribution in [2.45, 2.75) is 26.3 Å². The molecule has 3 rings (SSSR count). The number of pyridine rings is 1. The van der Waals surface area contributed by atoms with E-state index in [0.717, 1.165) is 28.2 Å². The maximum absolute atomic E-state index is 6.28. The molecule has 19 heavy (non-hydrogen) atoms. The van der Waals surface area contributed by atoms with Gasteiger partial charge in [-0.15, -0.1) is 22.7 Å². The highest BCUT2D eigenvalue weighted by Crippen LogP contribution is 2.25. The number of hydrogen-bond acceptors (Lipinski definition) is 5. The zero-order valence-electron chi connectivity index (χ0n) is 10.9. The predicted molar refractivity (Wildman–Crippen MR) is 81.8 cm³/mol. The molecule has 0 aliphatic carbocycles. The summed E-state index contributed by atoms with van der Waals surface area (Å²) in [6, 6.07) is 4.14. The summed E-state index contributed by atoms with van der Waals surface area (Å²) in [7, 11) is 0. The van der Waals surface area contributed by atoms with Crippen LogP contribution < -0.4 is 5.73 Å². The monoisotopic (exact) mass is 289 g/mol. The van der Waals surface area contributed by atoms with Crippen LogP contribution in [0.2, 0.25) is 0 Å². The fourth-order valence-electron chi connectivity index (χ4n) is 2.00. The van der Waals surface area contributed by atoms with Crippen molar-refractivity contribution >= 4 is 32.9 Å². The molecule has 3 aromatic heterocycles. The number of nitrogens with two attached hydrogens (primary N) is 1. The Morgan fingerprint density at radius 1 is 1.37 bits per heavy atom. The fourth-order valence-corrected chi connectivity index (χ4v) is 3.78. The van der Waals surface area contributed by atoms with Crippen molar-refractivity contribution in [2.24, 2.45) is 5.73 Å². The highest BCUT2D eigenvalue weighted by Gasteiger charge is 2.12. The van der Waals surface area contributed by atoms with Crippen molar-refractivity contribution in [2.75, 3.05) is 0 Å². The maximum atomic E-state index is 6.28. The van der Waals surface area contributed by atoms with Crippen LogP contribution in [0, 0.1) is 13.8 Å². The Morgan fingerprint density at radius 3 is 2.95 bits per heavy atom. The van der Waals surface area contributed by atoms with Crippen LogP contribution in [0.1, 0.15) is 27.2 Å². The Bertz CT molecular complexity index is 695. The molecular formula is C14H15N3S2. The summed E-state index contributed by atoms with van der Waals surface area (Å²) in [6.45, 7) is 4.14. The van der Waals surface area contributed by atoms with Gasteiger partial charge >= 0.3 is 0 Å². The molecule has 0 aliphatic heterocycles. The molecule has 0 aliphatic rings. The number of thiazole rings is 1. The number of rotatable bonds is 3. The Kier molecular flexibility index (Phi) is 3.35. The Labute approximate surface area is 120 Å². The van der Waals surface area contributed by atoms with Gasteiger partial charge in [-0.1, -0.05) is 0 Å². The summed E-state index contributed by atoms with van der Waals surface area (Å²) < 4.78 is 1.19. The minimum absolute atomic E-state index is 0.0380. The summed E-state index contributed by atoms with van der Waals surface area (Å²) in [6.07, 6.45) is 2.66. The molecule has 0 spiro atoms. The van der Waals surface area contributed by atoms with Crippen molar-refractivity contribution in [3.05, 3.63) is 44.9 Å². The lowest BCUT2D eigenvalue weighted by atomic mass is 10.1. The van der Waals surface area contributed by atoms with Crippen molar-refractivity contribution in [1.82, 2.24) is 9.97 Å². The lowest BCUT2D eigenvalue weighted by Gasteiger charge is -2.09. The minimum Gasteiger partial charge on any atom is -0.324 e. The third-order valence-electron chi connectivity index (χ3n) is 3.22. The summed E-state index contributed by atoms with van der Waals surface area (Å²) in [5.74, 6) is 0. The van der Waals surface area contributed by atoms with Gasteiger partial charge in [-0.2, -0.15) is 0 Å². The molecule has 3 aromatic rings. The van der Waals surface area contributed by atoms with Crippen molar-refractivity contribution < 1.29 is 0 Å². The number of fused-ring (bicyclic) bond motifs is 1. The fraction of sp³-hybridized carbons (Fsp3) is 0.286. The van der Waals surface area contributed by atoms with E-state index in [4.69, 9.17) is 5.73 Å². The number of thiophene rings is 1. The highest BCUT2D eigenvalue weighted by molar-refractivity contribution is 7.17. The molecule has 0 amide bonds. The normalized spacial score (nSPS) is 13.0. The van der Waals surface area contributed by atoms with Crippen LogP contribution in [-0.2, 0) is 6.42 Å². The molecule has 0 saturated carbocycles. The lowest BCUT2D eigenvalue weighted by Crippen LogP contribution is -2.13. The molecule has 1 unspecified atom stereocenters. The third-order valence-corrected chi connectivity index (χ3v) is 5.17. The third kappa shape index (κ3) is 2.54. The molecule has 3 heterocycles. The highest BCUT2D eigenvalue weighted by atomic mass is 32.1. The van der Waals surface area contributed by atoms with E-state index < -0.39 is 0 Å². The average Bonchev–Trinajstić information content (AvgIpc) is 2.96. The molecule has 2 N–H and O–H groups in total. The molecule has 0 aromatic carbocycles. The Balaban J connectivity index is 1.84. The first-order valence-electron chi connectivity index (χ1n) is 6.15. The predicted octanol–water partition coefficient (Wildman–Crippen LogP) is 3.61. The van der Waals surface area contributed by atoms with Crippen LogP contribution in [0.25, 0.3) is 10.2 Å². The van der Waals surface area contributed by atoms with Crippen LogP contribution in [0.15, 0.2) is 23.7 Å². The van der Waals surface area contributed by atoms with Crippen molar-refractivity contribution in [1.29, 1.82) is 0 Å². The van der Waals surface area contributed by atoms with E-state index in [-0.39, 0.29) is 6.04 Å². The first-order valence-corrected chi connectivity index (χ1v) is 7.85. The zero-order chi connectivity index (χ0) is 13.4. The van der Waals surface area contributed by atoms with Gasteiger partial charge in [-0.25, -0.2) is 4.98 Å². The van der Waals surface area contributed by atoms with E-state index in [1.165, 1.54) is 9.58 Å². The summed E-state index contributed by atoms with van der Waals surface area (Å²) >= 11 is 3.43. The molecule has 5 heteroatoms. The van der Waals surface area contributed by atoms with Gasteiger partial charge in [0.05, 0.1) is 20.9 Å². The van der Waals surface area contributed by atoms with E-state index in [1.807, 2.05) is 19.2 Å². The Morgan fingerprint density at radius 2 is 2.21 bits per heavy atom. The summed E-state index contributed by atoms with van der Waals surface area (Å²) in [5, 5.41) is 3.16. The topological polar surface area (TPSA) is 51.8 Å². The first-order chi connectivity index (χ1) is 9.13. The first kappa shape index (κ1) is 12.7. The van der Waals surface area contributed by atoms with Crippen LogP contribution in [-0.4, -0.2) is 9.97 Å². The minimum atomic E-state index is -0.0380. The maximum Gasteiger partial charge on any atom is 0.0949 e. The second kappa shape index (κ2) is 5.00. The molecule has 0 fully saturated rings. The summed E-state index contributed by atoms with van der Waals surface area (Å²) in [5.41, 5.74) is 9.51. The van der Waals surface area contributed by atoms with E-state index in [0.29, 0.717) is 0 Å². The van der Waals surface area contributed by atoms with Gasteiger partial charge < -0.3 is 5.73 Å². The smallest absolute Gasteiger partial charge is 0.0949 e. The largest absolute Gasteiger partial charge is 0.324 e. The van der Waals surface area contributed by atoms with Crippen molar-refractivity contribution in [3.63, 3.8) is 0 Å². The molecule has 1 atom stereocenters. The molecule has 0 bridgehead atoms. The van der Waals surface area contributed by atoms with E-state index in [9.17, 15) is 0 Å². The van der Waals surface area contributed by atoms with Crippen molar-refractivity contribution in [3.8, 4) is 0 Å².